The van der Waals surface area contributed by atoms with E-state index in [0.29, 0.717) is 6.04 Å². The molecule has 1 N–H and O–H groups in total. The van der Waals surface area contributed by atoms with Crippen LogP contribution in [-0.2, 0) is 4.74 Å². The number of nitrogens with one attached hydrogen (secondary N) is 1. The molecule has 80 valence electrons. The average Bonchev–Trinajstić information content (AvgIpc) is 2.03. The first-order chi connectivity index (χ1) is 6.16. The minimum Gasteiger partial charge on any atom is -0.383 e. The summed E-state index contributed by atoms with van der Waals surface area (Å²) in [6, 6.07) is 0.476. The Kier molecular flexibility index (Phi) is 8.40. The minimum atomic E-state index is 0.476. The topological polar surface area (TPSA) is 24.5 Å². The number of nitrogens with zero attached hydrogens (tertiary/aromatic N) is 1. The van der Waals surface area contributed by atoms with E-state index >= 15 is 0 Å². The van der Waals surface area contributed by atoms with Crippen LogP contribution in [0.3, 0.4) is 0 Å². The van der Waals surface area contributed by atoms with Gasteiger partial charge in [-0.3, -0.25) is 0 Å². The van der Waals surface area contributed by atoms with Crippen molar-refractivity contribution in [3.05, 3.63) is 0 Å². The first-order valence-corrected chi connectivity index (χ1v) is 5.04. The summed E-state index contributed by atoms with van der Waals surface area (Å²) in [4.78, 5) is 2.22. The van der Waals surface area contributed by atoms with E-state index in [0.717, 1.165) is 13.2 Å². The van der Waals surface area contributed by atoms with E-state index in [2.05, 4.69) is 31.2 Å². The zero-order chi connectivity index (χ0) is 10.1. The molecule has 0 aromatic rings. The van der Waals surface area contributed by atoms with Crippen molar-refractivity contribution in [1.82, 2.24) is 10.2 Å². The molecule has 0 amide bonds. The van der Waals surface area contributed by atoms with Crippen molar-refractivity contribution in [3.8, 4) is 0 Å². The maximum Gasteiger partial charge on any atom is 0.0613 e. The maximum absolute atomic E-state index is 5.03. The summed E-state index contributed by atoms with van der Waals surface area (Å²) in [5, 5.41) is 3.41. The molecule has 13 heavy (non-hydrogen) atoms. The monoisotopic (exact) mass is 188 g/mol. The van der Waals surface area contributed by atoms with E-state index < -0.39 is 0 Å². The Morgan fingerprint density at radius 2 is 2.00 bits per heavy atom. The molecule has 0 saturated heterocycles. The molecule has 0 heterocycles. The summed E-state index contributed by atoms with van der Waals surface area (Å²) in [7, 11) is 5.96. The van der Waals surface area contributed by atoms with Crippen molar-refractivity contribution in [2.75, 3.05) is 40.9 Å². The molecule has 0 spiro atoms. The predicted molar refractivity (Wildman–Crippen MR) is 57.1 cm³/mol. The molecule has 0 radical (unpaired) electrons. The molecular formula is C10H24N2O. The van der Waals surface area contributed by atoms with Gasteiger partial charge in [-0.05, 0) is 47.0 Å². The second-order valence-corrected chi connectivity index (χ2v) is 3.82. The molecule has 0 fully saturated rings. The molecule has 0 aliphatic carbocycles. The molecular weight excluding hydrogens is 164 g/mol. The maximum atomic E-state index is 5.03. The molecule has 0 bridgehead atoms. The van der Waals surface area contributed by atoms with E-state index in [4.69, 9.17) is 4.74 Å². The van der Waals surface area contributed by atoms with E-state index in [1.54, 1.807) is 7.11 Å². The van der Waals surface area contributed by atoms with Crippen molar-refractivity contribution in [1.29, 1.82) is 0 Å². The first kappa shape index (κ1) is 12.9. The molecule has 0 saturated carbocycles. The van der Waals surface area contributed by atoms with Gasteiger partial charge >= 0.3 is 0 Å². The van der Waals surface area contributed by atoms with Gasteiger partial charge in [-0.25, -0.2) is 0 Å². The lowest BCUT2D eigenvalue weighted by Crippen LogP contribution is -2.31. The van der Waals surface area contributed by atoms with Crippen LogP contribution in [-0.4, -0.2) is 51.8 Å². The lowest BCUT2D eigenvalue weighted by Gasteiger charge is -2.13. The van der Waals surface area contributed by atoms with E-state index in [1.165, 1.54) is 19.4 Å². The van der Waals surface area contributed by atoms with Gasteiger partial charge in [-0.15, -0.1) is 0 Å². The molecule has 0 aromatic carbocycles. The van der Waals surface area contributed by atoms with Crippen LogP contribution in [0.2, 0.25) is 0 Å². The normalized spacial score (nSPS) is 13.6. The Bertz CT molecular complexity index is 107. The molecule has 0 rings (SSSR count). The Balaban J connectivity index is 3.06. The summed E-state index contributed by atoms with van der Waals surface area (Å²) in [6.07, 6.45) is 2.51. The van der Waals surface area contributed by atoms with Crippen molar-refractivity contribution < 1.29 is 4.74 Å². The summed E-state index contributed by atoms with van der Waals surface area (Å²) in [5.74, 6) is 0. The van der Waals surface area contributed by atoms with Crippen molar-refractivity contribution in [3.63, 3.8) is 0 Å². The van der Waals surface area contributed by atoms with Gasteiger partial charge in [0.2, 0.25) is 0 Å². The van der Waals surface area contributed by atoms with Crippen LogP contribution < -0.4 is 5.32 Å². The van der Waals surface area contributed by atoms with Crippen LogP contribution in [0.1, 0.15) is 19.8 Å². The smallest absolute Gasteiger partial charge is 0.0613 e. The second-order valence-electron chi connectivity index (χ2n) is 3.82. The van der Waals surface area contributed by atoms with Gasteiger partial charge < -0.3 is 15.0 Å². The zero-order valence-corrected chi connectivity index (χ0v) is 9.47. The van der Waals surface area contributed by atoms with Crippen LogP contribution in [0.4, 0.5) is 0 Å². The molecule has 3 heteroatoms. The van der Waals surface area contributed by atoms with Gasteiger partial charge in [0.05, 0.1) is 6.61 Å². The van der Waals surface area contributed by atoms with E-state index in [9.17, 15) is 0 Å². The van der Waals surface area contributed by atoms with Crippen LogP contribution in [0.25, 0.3) is 0 Å². The SMILES string of the molecule is COCC(C)NCCCCN(C)C. The third kappa shape index (κ3) is 9.80. The fourth-order valence-corrected chi connectivity index (χ4v) is 1.21. The fourth-order valence-electron chi connectivity index (χ4n) is 1.21. The number of hydrogen-bond acceptors (Lipinski definition) is 3. The Labute approximate surface area is 82.4 Å². The first-order valence-electron chi connectivity index (χ1n) is 5.04. The van der Waals surface area contributed by atoms with Crippen molar-refractivity contribution in [2.45, 2.75) is 25.8 Å². The van der Waals surface area contributed by atoms with Gasteiger partial charge in [0.25, 0.3) is 0 Å². The highest BCUT2D eigenvalue weighted by Gasteiger charge is 1.98. The minimum absolute atomic E-state index is 0.476. The largest absolute Gasteiger partial charge is 0.383 e. The van der Waals surface area contributed by atoms with Gasteiger partial charge in [0.15, 0.2) is 0 Å². The zero-order valence-electron chi connectivity index (χ0n) is 9.47. The van der Waals surface area contributed by atoms with Gasteiger partial charge in [-0.2, -0.15) is 0 Å². The summed E-state index contributed by atoms with van der Waals surface area (Å²) in [5.41, 5.74) is 0. The lowest BCUT2D eigenvalue weighted by atomic mass is 10.2. The second kappa shape index (κ2) is 8.48. The van der Waals surface area contributed by atoms with Crippen molar-refractivity contribution in [2.24, 2.45) is 0 Å². The number of methoxy groups -OCH3 is 1. The molecule has 3 nitrogen and oxygen atoms in total. The molecule has 0 aliphatic rings. The summed E-state index contributed by atoms with van der Waals surface area (Å²) in [6.45, 7) is 5.22. The van der Waals surface area contributed by atoms with Gasteiger partial charge in [0, 0.05) is 13.2 Å². The van der Waals surface area contributed by atoms with Crippen LogP contribution in [0.15, 0.2) is 0 Å². The Hall–Kier alpha value is -0.120. The Morgan fingerprint density at radius 3 is 2.54 bits per heavy atom. The number of unbranched alkanes of at least 4 members (excludes halogenated alkanes) is 1. The van der Waals surface area contributed by atoms with Gasteiger partial charge in [-0.1, -0.05) is 0 Å². The fraction of sp³-hybridized carbons (Fsp3) is 1.00. The van der Waals surface area contributed by atoms with Crippen LogP contribution in [0.5, 0.6) is 0 Å². The molecule has 1 unspecified atom stereocenters. The van der Waals surface area contributed by atoms with Crippen molar-refractivity contribution >= 4 is 0 Å². The predicted octanol–water partition coefficient (Wildman–Crippen LogP) is 0.953. The lowest BCUT2D eigenvalue weighted by molar-refractivity contribution is 0.172. The quantitative estimate of drug-likeness (QED) is 0.574. The molecule has 1 atom stereocenters. The Morgan fingerprint density at radius 1 is 1.31 bits per heavy atom. The number of rotatable bonds is 8. The standard InChI is InChI=1S/C10H24N2O/c1-10(9-13-4)11-7-5-6-8-12(2)3/h10-11H,5-9H2,1-4H3. The van der Waals surface area contributed by atoms with Crippen LogP contribution in [0, 0.1) is 0 Å². The summed E-state index contributed by atoms with van der Waals surface area (Å²) < 4.78 is 5.03. The molecule has 0 aliphatic heterocycles. The average molecular weight is 188 g/mol. The van der Waals surface area contributed by atoms with E-state index in [1.807, 2.05) is 0 Å². The highest BCUT2D eigenvalue weighted by Crippen LogP contribution is 1.90. The highest BCUT2D eigenvalue weighted by atomic mass is 16.5. The number of hydrogen-bond donors (Lipinski definition) is 1. The third-order valence-corrected chi connectivity index (χ3v) is 1.94. The van der Waals surface area contributed by atoms with E-state index in [-0.39, 0.29) is 0 Å². The summed E-state index contributed by atoms with van der Waals surface area (Å²) >= 11 is 0. The van der Waals surface area contributed by atoms with Gasteiger partial charge in [0.1, 0.15) is 0 Å². The third-order valence-electron chi connectivity index (χ3n) is 1.94. The number of ether oxygens (including phenoxy) is 1. The highest BCUT2D eigenvalue weighted by molar-refractivity contribution is 4.58. The van der Waals surface area contributed by atoms with Crippen LogP contribution >= 0.6 is 0 Å². The molecule has 0 aromatic heterocycles.